The molecule has 2 N–H and O–H groups in total. The Hall–Kier alpha value is -1.75. The highest BCUT2D eigenvalue weighted by Crippen LogP contribution is 2.16. The number of benzene rings is 1. The minimum Gasteiger partial charge on any atom is -0.480 e. The molecule has 5 nitrogen and oxygen atoms in total. The number of nitrogens with one attached hydrogen (secondary N) is 1. The second-order valence-electron chi connectivity index (χ2n) is 3.97. The quantitative estimate of drug-likeness (QED) is 0.880. The van der Waals surface area contributed by atoms with E-state index in [0.717, 1.165) is 10.5 Å². The molecule has 0 aliphatic carbocycles. The predicted octanol–water partition coefficient (Wildman–Crippen LogP) is 2.13. The molecule has 0 radical (unpaired) electrons. The number of hydrogen-bond acceptors (Lipinski definition) is 2. The molecule has 18 heavy (non-hydrogen) atoms. The molecule has 0 saturated carbocycles. The zero-order valence-corrected chi connectivity index (χ0v) is 10.9. The molecule has 0 heterocycles. The molecule has 1 unspecified atom stereocenters. The van der Waals surface area contributed by atoms with E-state index in [0.29, 0.717) is 5.02 Å². The first-order valence-corrected chi connectivity index (χ1v) is 5.77. The van der Waals surface area contributed by atoms with Gasteiger partial charge in [-0.3, -0.25) is 4.79 Å². The maximum atomic E-state index is 11.7. The Morgan fingerprint density at radius 2 is 1.94 bits per heavy atom. The number of nitrogens with zero attached hydrogens (tertiary/aromatic N) is 1. The Morgan fingerprint density at radius 1 is 1.39 bits per heavy atom. The lowest BCUT2D eigenvalue weighted by atomic mass is 10.1. The normalized spacial score (nSPS) is 11.7. The molecule has 0 aliphatic heterocycles. The largest absolute Gasteiger partial charge is 0.480 e. The van der Waals surface area contributed by atoms with Crippen LogP contribution < -0.4 is 5.32 Å². The molecule has 0 aromatic heterocycles. The maximum Gasteiger partial charge on any atom is 0.323 e. The van der Waals surface area contributed by atoms with Crippen LogP contribution in [0.3, 0.4) is 0 Å². The van der Waals surface area contributed by atoms with E-state index in [1.165, 1.54) is 7.05 Å². The van der Waals surface area contributed by atoms with E-state index in [1.807, 2.05) is 19.1 Å². The van der Waals surface area contributed by atoms with Crippen LogP contribution in [0.1, 0.15) is 18.5 Å². The Kier molecular flexibility index (Phi) is 4.97. The van der Waals surface area contributed by atoms with Crippen LogP contribution in [0.2, 0.25) is 5.02 Å². The fourth-order valence-electron chi connectivity index (χ4n) is 1.40. The molecule has 1 aromatic rings. The summed E-state index contributed by atoms with van der Waals surface area (Å²) >= 11 is 5.77. The van der Waals surface area contributed by atoms with Crippen LogP contribution in [0.5, 0.6) is 0 Å². The van der Waals surface area contributed by atoms with E-state index in [-0.39, 0.29) is 12.6 Å². The third kappa shape index (κ3) is 4.25. The molecule has 0 spiro atoms. The van der Waals surface area contributed by atoms with Crippen LogP contribution in [0.25, 0.3) is 0 Å². The van der Waals surface area contributed by atoms with Crippen molar-refractivity contribution >= 4 is 23.6 Å². The van der Waals surface area contributed by atoms with E-state index < -0.39 is 12.0 Å². The van der Waals surface area contributed by atoms with Gasteiger partial charge in [0.1, 0.15) is 6.54 Å². The van der Waals surface area contributed by atoms with E-state index in [2.05, 4.69) is 5.32 Å². The number of amides is 2. The third-order valence-corrected chi connectivity index (χ3v) is 2.68. The number of carbonyl (C=O) groups is 2. The van der Waals surface area contributed by atoms with Crippen LogP contribution in [0.4, 0.5) is 4.79 Å². The summed E-state index contributed by atoms with van der Waals surface area (Å²) in [5, 5.41) is 11.9. The van der Waals surface area contributed by atoms with Gasteiger partial charge < -0.3 is 15.3 Å². The monoisotopic (exact) mass is 270 g/mol. The molecular weight excluding hydrogens is 256 g/mol. The van der Waals surface area contributed by atoms with Crippen LogP contribution in [-0.2, 0) is 4.79 Å². The van der Waals surface area contributed by atoms with Gasteiger partial charge in [0.05, 0.1) is 6.04 Å². The molecular formula is C12H15ClN2O3. The third-order valence-electron chi connectivity index (χ3n) is 2.43. The summed E-state index contributed by atoms with van der Waals surface area (Å²) in [5.41, 5.74) is 0.900. The van der Waals surface area contributed by atoms with Gasteiger partial charge in [0.15, 0.2) is 0 Å². The van der Waals surface area contributed by atoms with E-state index in [1.54, 1.807) is 12.1 Å². The molecule has 2 amide bonds. The lowest BCUT2D eigenvalue weighted by Gasteiger charge is -2.20. The summed E-state index contributed by atoms with van der Waals surface area (Å²) in [6.45, 7) is 1.48. The Bertz CT molecular complexity index is 433. The predicted molar refractivity (Wildman–Crippen MR) is 68.7 cm³/mol. The second kappa shape index (κ2) is 6.26. The topological polar surface area (TPSA) is 69.6 Å². The number of carboxylic acids is 1. The highest BCUT2D eigenvalue weighted by Gasteiger charge is 2.15. The number of carboxylic acid groups (broad SMARTS) is 1. The summed E-state index contributed by atoms with van der Waals surface area (Å²) in [7, 11) is 1.43. The molecule has 1 atom stereocenters. The highest BCUT2D eigenvalue weighted by molar-refractivity contribution is 6.30. The fraction of sp³-hybridized carbons (Fsp3) is 0.333. The van der Waals surface area contributed by atoms with Crippen molar-refractivity contribution in [3.63, 3.8) is 0 Å². The minimum atomic E-state index is -1.05. The molecule has 0 fully saturated rings. The zero-order valence-electron chi connectivity index (χ0n) is 10.2. The van der Waals surface area contributed by atoms with Gasteiger partial charge in [-0.05, 0) is 24.6 Å². The molecule has 0 saturated heterocycles. The number of urea groups is 1. The SMILES string of the molecule is CC(NC(=O)N(C)CC(=O)O)c1ccc(Cl)cc1. The molecule has 0 bridgehead atoms. The van der Waals surface area contributed by atoms with Crippen LogP contribution in [-0.4, -0.2) is 35.6 Å². The van der Waals surface area contributed by atoms with E-state index >= 15 is 0 Å². The lowest BCUT2D eigenvalue weighted by molar-refractivity contribution is -0.137. The van der Waals surface area contributed by atoms with Crippen LogP contribution in [0, 0.1) is 0 Å². The summed E-state index contributed by atoms with van der Waals surface area (Å²) in [4.78, 5) is 23.2. The number of hydrogen-bond donors (Lipinski definition) is 2. The Labute approximate surface area is 110 Å². The van der Waals surface area contributed by atoms with Crippen LogP contribution in [0.15, 0.2) is 24.3 Å². The second-order valence-corrected chi connectivity index (χ2v) is 4.41. The zero-order chi connectivity index (χ0) is 13.7. The van der Waals surface area contributed by atoms with E-state index in [9.17, 15) is 9.59 Å². The van der Waals surface area contributed by atoms with Crippen molar-refractivity contribution in [2.45, 2.75) is 13.0 Å². The summed E-state index contributed by atoms with van der Waals surface area (Å²) in [6.07, 6.45) is 0. The first kappa shape index (κ1) is 14.3. The fourth-order valence-corrected chi connectivity index (χ4v) is 1.53. The van der Waals surface area contributed by atoms with Crippen molar-refractivity contribution in [2.24, 2.45) is 0 Å². The number of aliphatic carboxylic acids is 1. The van der Waals surface area contributed by atoms with Gasteiger partial charge in [0.25, 0.3) is 0 Å². The molecule has 1 rings (SSSR count). The van der Waals surface area contributed by atoms with Gasteiger partial charge in [-0.25, -0.2) is 4.79 Å². The number of rotatable bonds is 4. The van der Waals surface area contributed by atoms with Crippen molar-refractivity contribution in [1.29, 1.82) is 0 Å². The molecule has 1 aromatic carbocycles. The lowest BCUT2D eigenvalue weighted by Crippen LogP contribution is -2.41. The highest BCUT2D eigenvalue weighted by atomic mass is 35.5. The van der Waals surface area contributed by atoms with Gasteiger partial charge in [-0.2, -0.15) is 0 Å². The Balaban J connectivity index is 2.59. The van der Waals surface area contributed by atoms with Gasteiger partial charge in [0.2, 0.25) is 0 Å². The summed E-state index contributed by atoms with van der Waals surface area (Å²) < 4.78 is 0. The number of likely N-dealkylation sites (N-methyl/N-ethyl adjacent to an activating group) is 1. The minimum absolute atomic E-state index is 0.217. The summed E-state index contributed by atoms with van der Waals surface area (Å²) in [6, 6.07) is 6.45. The van der Waals surface area contributed by atoms with Crippen molar-refractivity contribution in [1.82, 2.24) is 10.2 Å². The molecule has 0 aliphatic rings. The van der Waals surface area contributed by atoms with Gasteiger partial charge >= 0.3 is 12.0 Å². The number of carbonyl (C=O) groups excluding carboxylic acids is 1. The van der Waals surface area contributed by atoms with Crippen LogP contribution >= 0.6 is 11.6 Å². The number of halogens is 1. The smallest absolute Gasteiger partial charge is 0.323 e. The Morgan fingerprint density at radius 3 is 2.44 bits per heavy atom. The van der Waals surface area contributed by atoms with Crippen molar-refractivity contribution in [3.05, 3.63) is 34.9 Å². The van der Waals surface area contributed by atoms with E-state index in [4.69, 9.17) is 16.7 Å². The van der Waals surface area contributed by atoms with Gasteiger partial charge in [-0.1, -0.05) is 23.7 Å². The standard InChI is InChI=1S/C12H15ClN2O3/c1-8(9-3-5-10(13)6-4-9)14-12(18)15(2)7-11(16)17/h3-6,8H,7H2,1-2H3,(H,14,18)(H,16,17). The van der Waals surface area contributed by atoms with Crippen molar-refractivity contribution < 1.29 is 14.7 Å². The van der Waals surface area contributed by atoms with Crippen molar-refractivity contribution in [2.75, 3.05) is 13.6 Å². The average molecular weight is 271 g/mol. The molecule has 98 valence electrons. The maximum absolute atomic E-state index is 11.7. The first-order valence-electron chi connectivity index (χ1n) is 5.39. The van der Waals surface area contributed by atoms with Gasteiger partial charge in [0, 0.05) is 12.1 Å². The first-order chi connectivity index (χ1) is 8.40. The summed E-state index contributed by atoms with van der Waals surface area (Å²) in [5.74, 6) is -1.05. The molecule has 6 heteroatoms. The average Bonchev–Trinajstić information content (AvgIpc) is 2.28. The van der Waals surface area contributed by atoms with Gasteiger partial charge in [-0.15, -0.1) is 0 Å². The van der Waals surface area contributed by atoms with Crippen molar-refractivity contribution in [3.8, 4) is 0 Å².